The number of aryl methyl sites for hydroxylation is 1. The van der Waals surface area contributed by atoms with Crippen molar-refractivity contribution in [2.24, 2.45) is 7.05 Å². The summed E-state index contributed by atoms with van der Waals surface area (Å²) in [7, 11) is 1.81. The Morgan fingerprint density at radius 2 is 2.08 bits per heavy atom. The highest BCUT2D eigenvalue weighted by atomic mass is 79.9. The highest BCUT2D eigenvalue weighted by Crippen LogP contribution is 2.27. The normalized spacial score (nSPS) is 12.1. The second-order valence-corrected chi connectivity index (χ2v) is 6.48. The molecule has 0 saturated carbocycles. The van der Waals surface area contributed by atoms with Crippen LogP contribution in [-0.2, 0) is 23.2 Å². The van der Waals surface area contributed by atoms with Crippen molar-refractivity contribution >= 4 is 38.8 Å². The molecule has 0 bridgehead atoms. The van der Waals surface area contributed by atoms with Gasteiger partial charge in [0.1, 0.15) is 23.4 Å². The molecular formula is C17H18BrN5O2. The number of nitrogens with zero attached hydrogens (tertiary/aromatic N) is 4. The maximum Gasteiger partial charge on any atom is 0.308 e. The summed E-state index contributed by atoms with van der Waals surface area (Å²) < 4.78 is 7.65. The Kier molecular flexibility index (Phi) is 5.28. The zero-order chi connectivity index (χ0) is 17.8. The predicted molar refractivity (Wildman–Crippen MR) is 97.9 cm³/mol. The van der Waals surface area contributed by atoms with Crippen LogP contribution in [0.25, 0.3) is 11.0 Å². The molecule has 7 nitrogen and oxygen atoms in total. The lowest BCUT2D eigenvalue weighted by Gasteiger charge is -2.14. The van der Waals surface area contributed by atoms with E-state index in [2.05, 4.69) is 36.3 Å². The van der Waals surface area contributed by atoms with Gasteiger partial charge in [0.25, 0.3) is 0 Å². The van der Waals surface area contributed by atoms with Crippen LogP contribution in [0.15, 0.2) is 41.3 Å². The van der Waals surface area contributed by atoms with E-state index in [4.69, 9.17) is 4.74 Å². The number of nitrogens with one attached hydrogen (secondary N) is 1. The number of rotatable bonds is 6. The SMILES string of the molecule is CC(CC(=O)OCc1ccccc1)Nc1ncnc2c1c(Br)nn2C. The molecule has 130 valence electrons. The van der Waals surface area contributed by atoms with Gasteiger partial charge < -0.3 is 10.1 Å². The molecule has 25 heavy (non-hydrogen) atoms. The number of halogens is 1. The molecule has 0 spiro atoms. The van der Waals surface area contributed by atoms with Gasteiger partial charge in [0.15, 0.2) is 5.65 Å². The molecule has 3 rings (SSSR count). The predicted octanol–water partition coefficient (Wildman–Crippen LogP) is 3.06. The fraction of sp³-hybridized carbons (Fsp3) is 0.294. The van der Waals surface area contributed by atoms with E-state index in [0.29, 0.717) is 16.1 Å². The van der Waals surface area contributed by atoms with Crippen molar-refractivity contribution in [3.05, 3.63) is 46.8 Å². The van der Waals surface area contributed by atoms with E-state index >= 15 is 0 Å². The van der Waals surface area contributed by atoms with E-state index < -0.39 is 0 Å². The Labute approximate surface area is 153 Å². The third-order valence-electron chi connectivity index (χ3n) is 3.68. The Morgan fingerprint density at radius 3 is 2.84 bits per heavy atom. The molecule has 1 unspecified atom stereocenters. The summed E-state index contributed by atoms with van der Waals surface area (Å²) in [6.45, 7) is 2.18. The lowest BCUT2D eigenvalue weighted by molar-refractivity contribution is -0.145. The molecule has 0 amide bonds. The minimum absolute atomic E-state index is 0.145. The highest BCUT2D eigenvalue weighted by Gasteiger charge is 2.16. The molecule has 0 radical (unpaired) electrons. The summed E-state index contributed by atoms with van der Waals surface area (Å²) in [6.07, 6.45) is 1.70. The molecular weight excluding hydrogens is 386 g/mol. The number of hydrogen-bond donors (Lipinski definition) is 1. The Balaban J connectivity index is 1.61. The van der Waals surface area contributed by atoms with Gasteiger partial charge in [-0.2, -0.15) is 5.10 Å². The minimum Gasteiger partial charge on any atom is -0.461 e. The first-order valence-corrected chi connectivity index (χ1v) is 8.63. The summed E-state index contributed by atoms with van der Waals surface area (Å²) in [4.78, 5) is 20.5. The van der Waals surface area contributed by atoms with Gasteiger partial charge in [0.2, 0.25) is 0 Å². The second-order valence-electron chi connectivity index (χ2n) is 5.73. The van der Waals surface area contributed by atoms with Gasteiger partial charge in [0, 0.05) is 13.1 Å². The number of aromatic nitrogens is 4. The number of esters is 1. The summed E-state index contributed by atoms with van der Waals surface area (Å²) in [5, 5.41) is 8.30. The fourth-order valence-electron chi connectivity index (χ4n) is 2.48. The summed E-state index contributed by atoms with van der Waals surface area (Å²) >= 11 is 3.42. The first kappa shape index (κ1) is 17.3. The van der Waals surface area contributed by atoms with Crippen molar-refractivity contribution in [2.45, 2.75) is 26.0 Å². The zero-order valence-corrected chi connectivity index (χ0v) is 15.5. The van der Waals surface area contributed by atoms with Crippen LogP contribution < -0.4 is 5.32 Å². The van der Waals surface area contributed by atoms with Gasteiger partial charge in [0.05, 0.1) is 11.8 Å². The van der Waals surface area contributed by atoms with Gasteiger partial charge in [-0.1, -0.05) is 30.3 Å². The largest absolute Gasteiger partial charge is 0.461 e. The van der Waals surface area contributed by atoms with Crippen LogP contribution in [-0.4, -0.2) is 31.8 Å². The molecule has 3 aromatic rings. The topological polar surface area (TPSA) is 81.9 Å². The summed E-state index contributed by atoms with van der Waals surface area (Å²) in [6, 6.07) is 9.46. The van der Waals surface area contributed by atoms with Crippen LogP contribution in [0.2, 0.25) is 0 Å². The molecule has 0 saturated heterocycles. The highest BCUT2D eigenvalue weighted by molar-refractivity contribution is 9.10. The molecule has 0 aliphatic rings. The third-order valence-corrected chi connectivity index (χ3v) is 4.23. The second kappa shape index (κ2) is 7.60. The van der Waals surface area contributed by atoms with E-state index in [1.54, 1.807) is 4.68 Å². The Hall–Kier alpha value is -2.48. The molecule has 0 fully saturated rings. The smallest absolute Gasteiger partial charge is 0.308 e. The standard InChI is InChI=1S/C17H18BrN5O2/c1-11(8-13(24)25-9-12-6-4-3-5-7-12)21-16-14-15(18)22-23(2)17(14)20-10-19-16/h3-7,10-11H,8-9H2,1-2H3,(H,19,20,21). The summed E-state index contributed by atoms with van der Waals surface area (Å²) in [5.41, 5.74) is 1.68. The van der Waals surface area contributed by atoms with Gasteiger partial charge in [-0.3, -0.25) is 4.79 Å². The van der Waals surface area contributed by atoms with Crippen LogP contribution >= 0.6 is 15.9 Å². The third kappa shape index (κ3) is 4.14. The number of fused-ring (bicyclic) bond motifs is 1. The lowest BCUT2D eigenvalue weighted by Crippen LogP contribution is -2.21. The molecule has 2 aromatic heterocycles. The van der Waals surface area contributed by atoms with Crippen LogP contribution in [0.3, 0.4) is 0 Å². The quantitative estimate of drug-likeness (QED) is 0.636. The van der Waals surface area contributed by atoms with E-state index in [0.717, 1.165) is 10.9 Å². The Morgan fingerprint density at radius 1 is 1.32 bits per heavy atom. The van der Waals surface area contributed by atoms with Crippen molar-refractivity contribution in [1.29, 1.82) is 0 Å². The van der Waals surface area contributed by atoms with Crippen LogP contribution in [0.1, 0.15) is 18.9 Å². The molecule has 1 aromatic carbocycles. The first-order valence-electron chi connectivity index (χ1n) is 7.84. The maximum absolute atomic E-state index is 12.0. The number of ether oxygens (including phenoxy) is 1. The van der Waals surface area contributed by atoms with Crippen molar-refractivity contribution < 1.29 is 9.53 Å². The number of benzene rings is 1. The Bertz CT molecular complexity index is 881. The molecule has 8 heteroatoms. The van der Waals surface area contributed by atoms with Crippen molar-refractivity contribution in [2.75, 3.05) is 5.32 Å². The van der Waals surface area contributed by atoms with Crippen molar-refractivity contribution in [3.8, 4) is 0 Å². The van der Waals surface area contributed by atoms with E-state index in [1.807, 2.05) is 44.3 Å². The monoisotopic (exact) mass is 403 g/mol. The van der Waals surface area contributed by atoms with Gasteiger partial charge in [-0.05, 0) is 28.4 Å². The van der Waals surface area contributed by atoms with Gasteiger partial charge in [-0.15, -0.1) is 0 Å². The van der Waals surface area contributed by atoms with Crippen LogP contribution in [0.5, 0.6) is 0 Å². The van der Waals surface area contributed by atoms with Crippen LogP contribution in [0.4, 0.5) is 5.82 Å². The van der Waals surface area contributed by atoms with Crippen molar-refractivity contribution in [1.82, 2.24) is 19.7 Å². The first-order chi connectivity index (χ1) is 12.0. The minimum atomic E-state index is -0.264. The number of anilines is 1. The molecule has 0 aliphatic carbocycles. The average molecular weight is 404 g/mol. The molecule has 0 aliphatic heterocycles. The molecule has 2 heterocycles. The number of carbonyl (C=O) groups is 1. The van der Waals surface area contributed by atoms with Gasteiger partial charge >= 0.3 is 5.97 Å². The fourth-order valence-corrected chi connectivity index (χ4v) is 3.08. The van der Waals surface area contributed by atoms with E-state index in [1.165, 1.54) is 6.33 Å². The lowest BCUT2D eigenvalue weighted by atomic mass is 10.2. The number of hydrogen-bond acceptors (Lipinski definition) is 6. The maximum atomic E-state index is 12.0. The van der Waals surface area contributed by atoms with E-state index in [-0.39, 0.29) is 25.0 Å². The van der Waals surface area contributed by atoms with Gasteiger partial charge in [-0.25, -0.2) is 14.6 Å². The van der Waals surface area contributed by atoms with Crippen molar-refractivity contribution in [3.63, 3.8) is 0 Å². The van der Waals surface area contributed by atoms with Crippen LogP contribution in [0, 0.1) is 0 Å². The molecule has 1 N–H and O–H groups in total. The zero-order valence-electron chi connectivity index (χ0n) is 13.9. The average Bonchev–Trinajstić information content (AvgIpc) is 2.89. The molecule has 1 atom stereocenters. The van der Waals surface area contributed by atoms with E-state index in [9.17, 15) is 4.79 Å². The summed E-state index contributed by atoms with van der Waals surface area (Å²) in [5.74, 6) is 0.368. The number of carbonyl (C=O) groups excluding carboxylic acids is 1.